The monoisotopic (exact) mass is 285 g/mol. The molecule has 0 unspecified atom stereocenters. The van der Waals surface area contributed by atoms with Gasteiger partial charge in [0, 0.05) is 18.4 Å². The summed E-state index contributed by atoms with van der Waals surface area (Å²) in [7, 11) is -3.16. The number of sulfone groups is 1. The Bertz CT molecular complexity index is 562. The van der Waals surface area contributed by atoms with Crippen LogP contribution in [0.25, 0.3) is 0 Å². The molecule has 1 aromatic rings. The van der Waals surface area contributed by atoms with Crippen LogP contribution in [-0.4, -0.2) is 37.4 Å². The Hall–Kier alpha value is -1.89. The van der Waals surface area contributed by atoms with Gasteiger partial charge in [-0.15, -0.1) is 0 Å². The lowest BCUT2D eigenvalue weighted by atomic mass is 10.1. The van der Waals surface area contributed by atoms with Crippen molar-refractivity contribution in [3.05, 3.63) is 29.8 Å². The summed E-state index contributed by atoms with van der Waals surface area (Å²) in [5.74, 6) is -1.52. The molecule has 104 valence electrons. The quantitative estimate of drug-likeness (QED) is 0.800. The molecule has 0 saturated heterocycles. The Morgan fingerprint density at radius 1 is 1.21 bits per heavy atom. The summed E-state index contributed by atoms with van der Waals surface area (Å²) in [6, 6.07) is 6.35. The first-order chi connectivity index (χ1) is 8.76. The largest absolute Gasteiger partial charge is 0.481 e. The molecule has 0 saturated carbocycles. The van der Waals surface area contributed by atoms with Crippen molar-refractivity contribution in [3.8, 4) is 0 Å². The smallest absolute Gasteiger partial charge is 0.307 e. The van der Waals surface area contributed by atoms with Crippen LogP contribution in [0, 0.1) is 0 Å². The maximum absolute atomic E-state index is 11.5. The number of rotatable bonds is 6. The van der Waals surface area contributed by atoms with E-state index in [0.29, 0.717) is 11.3 Å². The van der Waals surface area contributed by atoms with E-state index in [1.54, 1.807) is 24.3 Å². The number of anilines is 1. The van der Waals surface area contributed by atoms with Crippen LogP contribution >= 0.6 is 0 Å². The third-order valence-corrected chi connectivity index (χ3v) is 3.24. The first-order valence-electron chi connectivity index (χ1n) is 5.54. The summed E-state index contributed by atoms with van der Waals surface area (Å²) < 4.78 is 21.8. The number of amides is 1. The van der Waals surface area contributed by atoms with Crippen LogP contribution in [0.1, 0.15) is 12.0 Å². The van der Waals surface area contributed by atoms with Gasteiger partial charge >= 0.3 is 5.97 Å². The number of carbonyl (C=O) groups is 2. The fourth-order valence-corrected chi connectivity index (χ4v) is 1.94. The van der Waals surface area contributed by atoms with Crippen molar-refractivity contribution < 1.29 is 23.1 Å². The highest BCUT2D eigenvalue weighted by atomic mass is 32.2. The molecular weight excluding hydrogens is 270 g/mol. The van der Waals surface area contributed by atoms with Crippen LogP contribution in [0.15, 0.2) is 24.3 Å². The van der Waals surface area contributed by atoms with E-state index in [-0.39, 0.29) is 18.6 Å². The number of nitrogens with one attached hydrogen (secondary N) is 1. The van der Waals surface area contributed by atoms with E-state index in [1.807, 2.05) is 0 Å². The van der Waals surface area contributed by atoms with Gasteiger partial charge in [-0.25, -0.2) is 8.42 Å². The molecule has 2 N–H and O–H groups in total. The summed E-state index contributed by atoms with van der Waals surface area (Å²) in [5.41, 5.74) is 1.13. The van der Waals surface area contributed by atoms with Crippen LogP contribution in [-0.2, 0) is 25.8 Å². The Kier molecular flexibility index (Phi) is 5.05. The summed E-state index contributed by atoms with van der Waals surface area (Å²) in [5, 5.41) is 11.1. The zero-order valence-corrected chi connectivity index (χ0v) is 11.2. The van der Waals surface area contributed by atoms with Crippen molar-refractivity contribution in [3.63, 3.8) is 0 Å². The summed E-state index contributed by atoms with van der Waals surface area (Å²) >= 11 is 0. The molecule has 0 aliphatic rings. The number of hydrogen-bond donors (Lipinski definition) is 2. The SMILES string of the molecule is CS(=O)(=O)CCC(=O)Nc1ccc(CC(=O)O)cc1. The van der Waals surface area contributed by atoms with Crippen LogP contribution in [0.2, 0.25) is 0 Å². The maximum Gasteiger partial charge on any atom is 0.307 e. The van der Waals surface area contributed by atoms with Crippen molar-refractivity contribution in [1.82, 2.24) is 0 Å². The molecule has 1 aromatic carbocycles. The van der Waals surface area contributed by atoms with Crippen molar-refractivity contribution in [2.45, 2.75) is 12.8 Å². The zero-order valence-electron chi connectivity index (χ0n) is 10.4. The van der Waals surface area contributed by atoms with Gasteiger partial charge in [-0.05, 0) is 17.7 Å². The molecule has 0 atom stereocenters. The van der Waals surface area contributed by atoms with E-state index >= 15 is 0 Å². The molecule has 0 aliphatic heterocycles. The van der Waals surface area contributed by atoms with Crippen molar-refractivity contribution in [2.75, 3.05) is 17.3 Å². The fraction of sp³-hybridized carbons (Fsp3) is 0.333. The Morgan fingerprint density at radius 2 is 1.79 bits per heavy atom. The number of benzene rings is 1. The number of carbonyl (C=O) groups excluding carboxylic acids is 1. The van der Waals surface area contributed by atoms with Gasteiger partial charge in [-0.1, -0.05) is 12.1 Å². The predicted octanol–water partition coefficient (Wildman–Crippen LogP) is 0.687. The molecule has 0 heterocycles. The van der Waals surface area contributed by atoms with Gasteiger partial charge in [-0.2, -0.15) is 0 Å². The highest BCUT2D eigenvalue weighted by molar-refractivity contribution is 7.90. The maximum atomic E-state index is 11.5. The minimum absolute atomic E-state index is 0.0810. The van der Waals surface area contributed by atoms with E-state index < -0.39 is 21.7 Å². The molecule has 7 heteroatoms. The van der Waals surface area contributed by atoms with Gasteiger partial charge < -0.3 is 10.4 Å². The molecule has 1 rings (SSSR count). The summed E-state index contributed by atoms with van der Waals surface area (Å²) in [6.07, 6.45) is 0.888. The second-order valence-electron chi connectivity index (χ2n) is 4.20. The molecule has 1 amide bonds. The lowest BCUT2D eigenvalue weighted by Gasteiger charge is -2.05. The standard InChI is InChI=1S/C12H15NO5S/c1-19(17,18)7-6-11(14)13-10-4-2-9(3-5-10)8-12(15)16/h2-5H,6-8H2,1H3,(H,13,14)(H,15,16). The van der Waals surface area contributed by atoms with E-state index in [4.69, 9.17) is 5.11 Å². The molecule has 19 heavy (non-hydrogen) atoms. The first-order valence-corrected chi connectivity index (χ1v) is 7.60. The van der Waals surface area contributed by atoms with Crippen molar-refractivity contribution in [2.24, 2.45) is 0 Å². The molecule has 0 aliphatic carbocycles. The molecule has 0 bridgehead atoms. The van der Waals surface area contributed by atoms with Crippen LogP contribution in [0.3, 0.4) is 0 Å². The highest BCUT2D eigenvalue weighted by Crippen LogP contribution is 2.10. The van der Waals surface area contributed by atoms with Crippen LogP contribution < -0.4 is 5.32 Å². The minimum atomic E-state index is -3.16. The lowest BCUT2D eigenvalue weighted by molar-refractivity contribution is -0.136. The predicted molar refractivity (Wildman–Crippen MR) is 70.7 cm³/mol. The van der Waals surface area contributed by atoms with Gasteiger partial charge in [0.1, 0.15) is 9.84 Å². The third kappa shape index (κ3) is 6.56. The van der Waals surface area contributed by atoms with Crippen LogP contribution in [0.4, 0.5) is 5.69 Å². The topological polar surface area (TPSA) is 101 Å². The number of carboxylic acid groups (broad SMARTS) is 1. The van der Waals surface area contributed by atoms with Gasteiger partial charge in [0.2, 0.25) is 5.91 Å². The second-order valence-corrected chi connectivity index (χ2v) is 6.46. The fourth-order valence-electron chi connectivity index (χ4n) is 1.38. The molecule has 0 spiro atoms. The van der Waals surface area contributed by atoms with Crippen LogP contribution in [0.5, 0.6) is 0 Å². The number of carboxylic acids is 1. The van der Waals surface area contributed by atoms with Crippen molar-refractivity contribution in [1.29, 1.82) is 0 Å². The summed E-state index contributed by atoms with van der Waals surface area (Å²) in [6.45, 7) is 0. The Morgan fingerprint density at radius 3 is 2.26 bits per heavy atom. The molecule has 0 radical (unpaired) electrons. The van der Waals surface area contributed by atoms with Gasteiger partial charge in [0.15, 0.2) is 0 Å². The average Bonchev–Trinajstić information content (AvgIpc) is 2.28. The summed E-state index contributed by atoms with van der Waals surface area (Å²) in [4.78, 5) is 21.9. The lowest BCUT2D eigenvalue weighted by Crippen LogP contribution is -2.16. The van der Waals surface area contributed by atoms with Gasteiger partial charge in [0.05, 0.1) is 12.2 Å². The highest BCUT2D eigenvalue weighted by Gasteiger charge is 2.08. The number of aliphatic carboxylic acids is 1. The van der Waals surface area contributed by atoms with E-state index in [9.17, 15) is 18.0 Å². The average molecular weight is 285 g/mol. The second kappa shape index (κ2) is 6.33. The minimum Gasteiger partial charge on any atom is -0.481 e. The van der Waals surface area contributed by atoms with Gasteiger partial charge in [-0.3, -0.25) is 9.59 Å². The van der Waals surface area contributed by atoms with E-state index in [0.717, 1.165) is 6.26 Å². The Labute approximate surface area is 111 Å². The van der Waals surface area contributed by atoms with Gasteiger partial charge in [0.25, 0.3) is 0 Å². The first kappa shape index (κ1) is 15.2. The molecular formula is C12H15NO5S. The number of hydrogen-bond acceptors (Lipinski definition) is 4. The molecule has 0 aromatic heterocycles. The van der Waals surface area contributed by atoms with E-state index in [1.165, 1.54) is 0 Å². The zero-order chi connectivity index (χ0) is 14.5. The van der Waals surface area contributed by atoms with Crippen molar-refractivity contribution >= 4 is 27.4 Å². The third-order valence-electron chi connectivity index (χ3n) is 2.29. The van der Waals surface area contributed by atoms with E-state index in [2.05, 4.69) is 5.32 Å². The normalized spacial score (nSPS) is 11.0. The molecule has 6 nitrogen and oxygen atoms in total. The Balaban J connectivity index is 2.53. The molecule has 0 fully saturated rings.